The van der Waals surface area contributed by atoms with Gasteiger partial charge in [0, 0.05) is 24.5 Å². The van der Waals surface area contributed by atoms with Crippen molar-refractivity contribution in [3.63, 3.8) is 0 Å². The van der Waals surface area contributed by atoms with E-state index in [0.717, 1.165) is 18.2 Å². The highest BCUT2D eigenvalue weighted by Gasteiger charge is 2.25. The number of hydrogen-bond acceptors (Lipinski definition) is 3. The minimum Gasteiger partial charge on any atom is -0.379 e. The molecule has 16 heavy (non-hydrogen) atoms. The number of nitrogens with zero attached hydrogens (tertiary/aromatic N) is 1. The average Bonchev–Trinajstić information content (AvgIpc) is 2.27. The van der Waals surface area contributed by atoms with Gasteiger partial charge in [0.2, 0.25) is 0 Å². The van der Waals surface area contributed by atoms with Crippen LogP contribution in [0.1, 0.15) is 19.8 Å². The Hall–Kier alpha value is 0.310. The van der Waals surface area contributed by atoms with E-state index in [2.05, 4.69) is 20.7 Å². The van der Waals surface area contributed by atoms with Gasteiger partial charge in [-0.25, -0.2) is 0 Å². The van der Waals surface area contributed by atoms with E-state index in [4.69, 9.17) is 4.74 Å². The molecule has 1 N–H and O–H groups in total. The molecular formula is C9H19BrN2O3S. The van der Waals surface area contributed by atoms with Gasteiger partial charge in [0.05, 0.1) is 13.2 Å². The van der Waals surface area contributed by atoms with Crippen LogP contribution in [-0.4, -0.2) is 50.4 Å². The molecule has 1 atom stereocenters. The second kappa shape index (κ2) is 6.90. The summed E-state index contributed by atoms with van der Waals surface area (Å²) >= 11 is 3.33. The Kier molecular flexibility index (Phi) is 6.20. The standard InChI is InChI=1S/C9H19BrN2O3S/c1-9(3-2-4-10)11-16(13,14)12-5-7-15-8-6-12/h9,11H,2-8H2,1H3. The molecule has 0 aliphatic carbocycles. The van der Waals surface area contributed by atoms with Crippen molar-refractivity contribution in [2.45, 2.75) is 25.8 Å². The van der Waals surface area contributed by atoms with Gasteiger partial charge in [-0.3, -0.25) is 0 Å². The van der Waals surface area contributed by atoms with E-state index < -0.39 is 10.2 Å². The van der Waals surface area contributed by atoms with Gasteiger partial charge in [0.15, 0.2) is 0 Å². The molecule has 0 spiro atoms. The molecule has 7 heteroatoms. The molecule has 0 amide bonds. The molecule has 0 aromatic carbocycles. The van der Waals surface area contributed by atoms with Gasteiger partial charge in [-0.05, 0) is 19.8 Å². The van der Waals surface area contributed by atoms with E-state index in [-0.39, 0.29) is 6.04 Å². The summed E-state index contributed by atoms with van der Waals surface area (Å²) in [6.45, 7) is 3.75. The number of ether oxygens (including phenoxy) is 1. The molecule has 96 valence electrons. The molecule has 1 rings (SSSR count). The van der Waals surface area contributed by atoms with E-state index in [0.29, 0.717) is 26.3 Å². The normalized spacial score (nSPS) is 20.9. The highest BCUT2D eigenvalue weighted by molar-refractivity contribution is 9.09. The van der Waals surface area contributed by atoms with Gasteiger partial charge in [0.1, 0.15) is 0 Å². The first-order chi connectivity index (χ1) is 7.56. The van der Waals surface area contributed by atoms with E-state index in [1.165, 1.54) is 4.31 Å². The monoisotopic (exact) mass is 314 g/mol. The minimum absolute atomic E-state index is 0.0228. The van der Waals surface area contributed by atoms with Crippen LogP contribution in [-0.2, 0) is 14.9 Å². The van der Waals surface area contributed by atoms with Crippen LogP contribution in [0.15, 0.2) is 0 Å². The van der Waals surface area contributed by atoms with E-state index in [9.17, 15) is 8.42 Å². The molecule has 1 fully saturated rings. The third-order valence-electron chi connectivity index (χ3n) is 2.43. The lowest BCUT2D eigenvalue weighted by Gasteiger charge is -2.27. The molecule has 1 aliphatic rings. The maximum Gasteiger partial charge on any atom is 0.279 e. The van der Waals surface area contributed by atoms with E-state index in [1.54, 1.807) is 0 Å². The van der Waals surface area contributed by atoms with Crippen LogP contribution in [0, 0.1) is 0 Å². The maximum absolute atomic E-state index is 11.9. The fraction of sp³-hybridized carbons (Fsp3) is 1.00. The third kappa shape index (κ3) is 4.67. The zero-order valence-electron chi connectivity index (χ0n) is 9.49. The summed E-state index contributed by atoms with van der Waals surface area (Å²) in [5, 5.41) is 0.899. The first-order valence-corrected chi connectivity index (χ1v) is 8.03. The average molecular weight is 315 g/mol. The Balaban J connectivity index is 2.43. The zero-order chi connectivity index (χ0) is 12.0. The van der Waals surface area contributed by atoms with Gasteiger partial charge in [0.25, 0.3) is 10.2 Å². The molecule has 0 radical (unpaired) electrons. The Morgan fingerprint density at radius 1 is 1.44 bits per heavy atom. The molecule has 0 aromatic rings. The molecule has 0 aromatic heterocycles. The fourth-order valence-corrected chi connectivity index (χ4v) is 3.29. The van der Waals surface area contributed by atoms with Crippen molar-refractivity contribution in [1.82, 2.24) is 9.03 Å². The summed E-state index contributed by atoms with van der Waals surface area (Å²) < 4.78 is 33.1. The first-order valence-electron chi connectivity index (χ1n) is 5.47. The summed E-state index contributed by atoms with van der Waals surface area (Å²) in [6, 6.07) is -0.0228. The predicted molar refractivity (Wildman–Crippen MR) is 66.9 cm³/mol. The lowest BCUT2D eigenvalue weighted by Crippen LogP contribution is -2.48. The van der Waals surface area contributed by atoms with Gasteiger partial charge in [-0.2, -0.15) is 17.4 Å². The zero-order valence-corrected chi connectivity index (χ0v) is 11.9. The molecule has 1 unspecified atom stereocenters. The molecule has 5 nitrogen and oxygen atoms in total. The highest BCUT2D eigenvalue weighted by atomic mass is 79.9. The fourth-order valence-electron chi connectivity index (χ4n) is 1.56. The lowest BCUT2D eigenvalue weighted by molar-refractivity contribution is 0.0723. The van der Waals surface area contributed by atoms with Gasteiger partial charge < -0.3 is 4.74 Å². The third-order valence-corrected chi connectivity index (χ3v) is 4.74. The number of hydrogen-bond donors (Lipinski definition) is 1. The Bertz CT molecular complexity index is 291. The Labute approximate surface area is 106 Å². The van der Waals surface area contributed by atoms with Crippen molar-refractivity contribution in [2.75, 3.05) is 31.6 Å². The number of alkyl halides is 1. The van der Waals surface area contributed by atoms with Gasteiger partial charge >= 0.3 is 0 Å². The summed E-state index contributed by atoms with van der Waals surface area (Å²) in [6.07, 6.45) is 1.81. The second-order valence-corrected chi connectivity index (χ2v) is 6.36. The first kappa shape index (κ1) is 14.4. The van der Waals surface area contributed by atoms with Gasteiger partial charge in [-0.1, -0.05) is 15.9 Å². The van der Waals surface area contributed by atoms with Crippen LogP contribution in [0.25, 0.3) is 0 Å². The van der Waals surface area contributed by atoms with Crippen molar-refractivity contribution in [3.05, 3.63) is 0 Å². The molecule has 1 heterocycles. The topological polar surface area (TPSA) is 58.6 Å². The van der Waals surface area contributed by atoms with Crippen molar-refractivity contribution >= 4 is 26.1 Å². The SMILES string of the molecule is CC(CCCBr)NS(=O)(=O)N1CCOCC1. The summed E-state index contributed by atoms with van der Waals surface area (Å²) in [7, 11) is -3.32. The molecule has 1 aliphatic heterocycles. The Morgan fingerprint density at radius 3 is 2.62 bits per heavy atom. The van der Waals surface area contributed by atoms with Crippen molar-refractivity contribution in [1.29, 1.82) is 0 Å². The van der Waals surface area contributed by atoms with Crippen molar-refractivity contribution in [2.24, 2.45) is 0 Å². The quantitative estimate of drug-likeness (QED) is 0.735. The predicted octanol–water partition coefficient (Wildman–Crippen LogP) is 0.717. The molecule has 1 saturated heterocycles. The van der Waals surface area contributed by atoms with Crippen LogP contribution in [0.2, 0.25) is 0 Å². The minimum atomic E-state index is -3.32. The molecular weight excluding hydrogens is 296 g/mol. The number of nitrogens with one attached hydrogen (secondary N) is 1. The largest absolute Gasteiger partial charge is 0.379 e. The second-order valence-electron chi connectivity index (χ2n) is 3.87. The van der Waals surface area contributed by atoms with E-state index >= 15 is 0 Å². The lowest BCUT2D eigenvalue weighted by atomic mass is 10.2. The van der Waals surface area contributed by atoms with Crippen LogP contribution in [0.3, 0.4) is 0 Å². The highest BCUT2D eigenvalue weighted by Crippen LogP contribution is 2.06. The van der Waals surface area contributed by atoms with Crippen LogP contribution in [0.5, 0.6) is 0 Å². The maximum atomic E-state index is 11.9. The van der Waals surface area contributed by atoms with Gasteiger partial charge in [-0.15, -0.1) is 0 Å². The van der Waals surface area contributed by atoms with E-state index in [1.807, 2.05) is 6.92 Å². The summed E-state index contributed by atoms with van der Waals surface area (Å²) in [4.78, 5) is 0. The summed E-state index contributed by atoms with van der Waals surface area (Å²) in [5.74, 6) is 0. The molecule has 0 saturated carbocycles. The van der Waals surface area contributed by atoms with Crippen molar-refractivity contribution in [3.8, 4) is 0 Å². The molecule has 0 bridgehead atoms. The number of halogens is 1. The van der Waals surface area contributed by atoms with Crippen LogP contribution in [0.4, 0.5) is 0 Å². The van der Waals surface area contributed by atoms with Crippen LogP contribution < -0.4 is 4.72 Å². The smallest absolute Gasteiger partial charge is 0.279 e. The summed E-state index contributed by atoms with van der Waals surface area (Å²) in [5.41, 5.74) is 0. The van der Waals surface area contributed by atoms with Crippen LogP contribution >= 0.6 is 15.9 Å². The van der Waals surface area contributed by atoms with Crippen molar-refractivity contribution < 1.29 is 13.2 Å². The Morgan fingerprint density at radius 2 is 2.06 bits per heavy atom. The number of rotatable bonds is 6. The number of morpholine rings is 1.